The first kappa shape index (κ1) is 16.6. The zero-order valence-electron chi connectivity index (χ0n) is 13.8. The second-order valence-corrected chi connectivity index (χ2v) is 8.71. The summed E-state index contributed by atoms with van der Waals surface area (Å²) in [6.07, 6.45) is 6.36. The van der Waals surface area contributed by atoms with Crippen molar-refractivity contribution >= 4 is 11.8 Å². The summed E-state index contributed by atoms with van der Waals surface area (Å²) in [6, 6.07) is 0.621. The van der Waals surface area contributed by atoms with Crippen molar-refractivity contribution in [3.05, 3.63) is 0 Å². The topological polar surface area (TPSA) is 21.3 Å². The molecule has 118 valence electrons. The van der Waals surface area contributed by atoms with E-state index >= 15 is 0 Å². The Morgan fingerprint density at radius 3 is 2.70 bits per heavy atom. The maximum atomic E-state index is 6.26. The molecule has 2 atom stereocenters. The molecule has 1 N–H and O–H groups in total. The molecular formula is C17H33NOS. The summed E-state index contributed by atoms with van der Waals surface area (Å²) in [6.45, 7) is 11.5. The summed E-state index contributed by atoms with van der Waals surface area (Å²) in [5.41, 5.74) is 0.649. The normalized spacial score (nSPS) is 28.5. The van der Waals surface area contributed by atoms with E-state index in [0.29, 0.717) is 11.5 Å². The maximum Gasteiger partial charge on any atom is 0.0701 e. The van der Waals surface area contributed by atoms with E-state index in [2.05, 4.69) is 44.8 Å². The van der Waals surface area contributed by atoms with Crippen LogP contribution in [0.5, 0.6) is 0 Å². The molecule has 1 spiro atoms. The number of thioether (sulfide) groups is 1. The van der Waals surface area contributed by atoms with E-state index in [1.165, 1.54) is 43.6 Å². The summed E-state index contributed by atoms with van der Waals surface area (Å²) in [5, 5.41) is 3.58. The molecule has 2 aliphatic heterocycles. The lowest BCUT2D eigenvalue weighted by atomic mass is 9.67. The van der Waals surface area contributed by atoms with Crippen LogP contribution in [0.3, 0.4) is 0 Å². The zero-order valence-corrected chi connectivity index (χ0v) is 14.7. The van der Waals surface area contributed by atoms with Gasteiger partial charge in [0.05, 0.1) is 5.60 Å². The molecule has 0 aromatic carbocycles. The minimum absolute atomic E-state index is 0.229. The molecular weight excluding hydrogens is 266 g/mol. The Morgan fingerprint density at radius 2 is 2.05 bits per heavy atom. The summed E-state index contributed by atoms with van der Waals surface area (Å²) in [5.74, 6) is 3.41. The van der Waals surface area contributed by atoms with Crippen LogP contribution in [0, 0.1) is 11.3 Å². The molecule has 20 heavy (non-hydrogen) atoms. The van der Waals surface area contributed by atoms with Gasteiger partial charge in [0.1, 0.15) is 0 Å². The Bertz CT molecular complexity index is 294. The van der Waals surface area contributed by atoms with Gasteiger partial charge in [0, 0.05) is 12.6 Å². The lowest BCUT2D eigenvalue weighted by molar-refractivity contribution is -0.121. The summed E-state index contributed by atoms with van der Waals surface area (Å²) in [4.78, 5) is 0. The van der Waals surface area contributed by atoms with Gasteiger partial charge in [-0.05, 0) is 68.4 Å². The van der Waals surface area contributed by atoms with Gasteiger partial charge in [-0.2, -0.15) is 11.8 Å². The third kappa shape index (κ3) is 4.14. The first-order valence-electron chi connectivity index (χ1n) is 8.42. The van der Waals surface area contributed by atoms with Gasteiger partial charge in [0.15, 0.2) is 0 Å². The highest BCUT2D eigenvalue weighted by Crippen LogP contribution is 2.47. The van der Waals surface area contributed by atoms with Crippen LogP contribution in [0.1, 0.15) is 59.8 Å². The smallest absolute Gasteiger partial charge is 0.0701 e. The van der Waals surface area contributed by atoms with Crippen LogP contribution in [-0.2, 0) is 4.74 Å². The molecule has 2 nitrogen and oxygen atoms in total. The molecule has 2 rings (SSSR count). The van der Waals surface area contributed by atoms with Gasteiger partial charge < -0.3 is 10.1 Å². The van der Waals surface area contributed by atoms with Gasteiger partial charge in [-0.1, -0.05) is 20.8 Å². The summed E-state index contributed by atoms with van der Waals surface area (Å²) >= 11 is 2.10. The van der Waals surface area contributed by atoms with E-state index in [9.17, 15) is 0 Å². The van der Waals surface area contributed by atoms with Gasteiger partial charge in [-0.25, -0.2) is 0 Å². The van der Waals surface area contributed by atoms with Crippen LogP contribution < -0.4 is 5.32 Å². The minimum atomic E-state index is 0.229. The molecule has 0 aromatic rings. The van der Waals surface area contributed by atoms with Crippen molar-refractivity contribution in [1.29, 1.82) is 0 Å². The van der Waals surface area contributed by atoms with E-state index in [0.717, 1.165) is 19.1 Å². The molecule has 0 aliphatic carbocycles. The third-order valence-electron chi connectivity index (χ3n) is 5.39. The van der Waals surface area contributed by atoms with Crippen LogP contribution >= 0.6 is 11.8 Å². The highest BCUT2D eigenvalue weighted by Gasteiger charge is 2.43. The van der Waals surface area contributed by atoms with Crippen LogP contribution in [0.4, 0.5) is 0 Å². The molecule has 2 heterocycles. The fraction of sp³-hybridized carbons (Fsp3) is 1.00. The SMILES string of the molecule is CCNC(C)CC(C)(C)C1CCOC2(CCSCC2)C1. The highest BCUT2D eigenvalue weighted by molar-refractivity contribution is 7.99. The van der Waals surface area contributed by atoms with Crippen molar-refractivity contribution in [3.8, 4) is 0 Å². The summed E-state index contributed by atoms with van der Waals surface area (Å²) in [7, 11) is 0. The molecule has 0 radical (unpaired) electrons. The zero-order chi connectivity index (χ0) is 14.6. The lowest BCUT2D eigenvalue weighted by Gasteiger charge is -2.48. The van der Waals surface area contributed by atoms with Gasteiger partial charge in [-0.3, -0.25) is 0 Å². The molecule has 0 saturated carbocycles. The molecule has 0 bridgehead atoms. The van der Waals surface area contributed by atoms with Gasteiger partial charge >= 0.3 is 0 Å². The summed E-state index contributed by atoms with van der Waals surface area (Å²) < 4.78 is 6.26. The fourth-order valence-electron chi connectivity index (χ4n) is 4.16. The second kappa shape index (κ2) is 7.02. The first-order chi connectivity index (χ1) is 9.47. The predicted molar refractivity (Wildman–Crippen MR) is 89.5 cm³/mol. The molecule has 2 unspecified atom stereocenters. The Morgan fingerprint density at radius 1 is 1.35 bits per heavy atom. The van der Waals surface area contributed by atoms with E-state index in [-0.39, 0.29) is 5.60 Å². The average molecular weight is 300 g/mol. The first-order valence-corrected chi connectivity index (χ1v) is 9.58. The highest BCUT2D eigenvalue weighted by atomic mass is 32.2. The fourth-order valence-corrected chi connectivity index (χ4v) is 5.40. The minimum Gasteiger partial charge on any atom is -0.375 e. The molecule has 0 aromatic heterocycles. The molecule has 3 heteroatoms. The molecule has 2 aliphatic rings. The molecule has 2 saturated heterocycles. The van der Waals surface area contributed by atoms with E-state index in [4.69, 9.17) is 4.74 Å². The molecule has 0 amide bonds. The second-order valence-electron chi connectivity index (χ2n) is 7.49. The van der Waals surface area contributed by atoms with Gasteiger partial charge in [0.25, 0.3) is 0 Å². The Hall–Kier alpha value is 0.270. The van der Waals surface area contributed by atoms with E-state index in [1.54, 1.807) is 0 Å². The maximum absolute atomic E-state index is 6.26. The van der Waals surface area contributed by atoms with Gasteiger partial charge in [-0.15, -0.1) is 0 Å². The quantitative estimate of drug-likeness (QED) is 0.826. The van der Waals surface area contributed by atoms with Crippen molar-refractivity contribution in [1.82, 2.24) is 5.32 Å². The average Bonchev–Trinajstić information content (AvgIpc) is 2.39. The lowest BCUT2D eigenvalue weighted by Crippen LogP contribution is -2.47. The van der Waals surface area contributed by atoms with Crippen LogP contribution in [0.15, 0.2) is 0 Å². The van der Waals surface area contributed by atoms with Crippen LogP contribution in [0.25, 0.3) is 0 Å². The number of ether oxygens (including phenoxy) is 1. The number of nitrogens with one attached hydrogen (secondary N) is 1. The van der Waals surface area contributed by atoms with Crippen molar-refractivity contribution in [2.45, 2.75) is 71.4 Å². The van der Waals surface area contributed by atoms with Gasteiger partial charge in [0.2, 0.25) is 0 Å². The Kier molecular flexibility index (Phi) is 5.84. The number of hydrogen-bond acceptors (Lipinski definition) is 3. The predicted octanol–water partition coefficient (Wildman–Crippen LogP) is 4.09. The van der Waals surface area contributed by atoms with Crippen molar-refractivity contribution in [3.63, 3.8) is 0 Å². The largest absolute Gasteiger partial charge is 0.375 e. The van der Waals surface area contributed by atoms with Crippen LogP contribution in [-0.4, -0.2) is 36.3 Å². The van der Waals surface area contributed by atoms with Crippen molar-refractivity contribution in [2.24, 2.45) is 11.3 Å². The number of rotatable bonds is 5. The van der Waals surface area contributed by atoms with Crippen molar-refractivity contribution in [2.75, 3.05) is 24.7 Å². The Balaban J connectivity index is 1.96. The van der Waals surface area contributed by atoms with E-state index in [1.807, 2.05) is 0 Å². The Labute approximate surface area is 129 Å². The van der Waals surface area contributed by atoms with Crippen LogP contribution in [0.2, 0.25) is 0 Å². The standard InChI is InChI=1S/C17H33NOS/c1-5-18-14(2)12-16(3,4)15-6-9-19-17(13-15)7-10-20-11-8-17/h14-15,18H,5-13H2,1-4H3. The molecule has 2 fully saturated rings. The third-order valence-corrected chi connectivity index (χ3v) is 6.37. The van der Waals surface area contributed by atoms with E-state index < -0.39 is 0 Å². The monoisotopic (exact) mass is 299 g/mol. The number of hydrogen-bond donors (Lipinski definition) is 1. The van der Waals surface area contributed by atoms with Crippen molar-refractivity contribution < 1.29 is 4.74 Å².